The summed E-state index contributed by atoms with van der Waals surface area (Å²) in [6.45, 7) is 7.93. The molecule has 0 N–H and O–H groups in total. The van der Waals surface area contributed by atoms with Crippen LogP contribution in [-0.4, -0.2) is 114 Å². The predicted molar refractivity (Wildman–Crippen MR) is 130 cm³/mol. The molecule has 0 amide bonds. The molecule has 0 aromatic rings. The zero-order valence-electron chi connectivity index (χ0n) is 22.0. The largest absolute Gasteiger partial charge is 0.575 e. The summed E-state index contributed by atoms with van der Waals surface area (Å²) in [4.78, 5) is 13.3. The lowest BCUT2D eigenvalue weighted by Crippen LogP contribution is -2.56. The van der Waals surface area contributed by atoms with Crippen molar-refractivity contribution in [3.63, 3.8) is 0 Å². The van der Waals surface area contributed by atoms with E-state index in [0.717, 1.165) is 25.7 Å². The van der Waals surface area contributed by atoms with E-state index in [2.05, 4.69) is 6.92 Å². The molecular weight excluding hydrogens is 464 g/mol. The van der Waals surface area contributed by atoms with E-state index in [1.807, 2.05) is 6.92 Å². The molecule has 0 saturated heterocycles. The van der Waals surface area contributed by atoms with Crippen LogP contribution in [0.25, 0.3) is 0 Å². The van der Waals surface area contributed by atoms with E-state index in [9.17, 15) is 4.79 Å². The van der Waals surface area contributed by atoms with Crippen molar-refractivity contribution in [2.75, 3.05) is 94.0 Å². The van der Waals surface area contributed by atoms with Gasteiger partial charge in [-0.25, -0.2) is 0 Å². The van der Waals surface area contributed by atoms with Crippen LogP contribution in [0.3, 0.4) is 0 Å². The second-order valence-corrected chi connectivity index (χ2v) is 10.2. The maximum Gasteiger partial charge on any atom is 0.575 e. The summed E-state index contributed by atoms with van der Waals surface area (Å²) in [5.74, 6) is 0. The molecule has 0 saturated carbocycles. The Kier molecular flexibility index (Phi) is 23.9. The van der Waals surface area contributed by atoms with Crippen molar-refractivity contribution in [1.82, 2.24) is 0 Å². The highest BCUT2D eigenvalue weighted by atomic mass is 28.4. The fourth-order valence-electron chi connectivity index (χ4n) is 2.80. The molecule has 10 nitrogen and oxygen atoms in total. The maximum atomic E-state index is 13.3. The van der Waals surface area contributed by atoms with Crippen molar-refractivity contribution in [2.45, 2.75) is 52.1 Å². The second-order valence-electron chi connectivity index (χ2n) is 7.68. The normalized spacial score (nSPS) is 12.9. The maximum absolute atomic E-state index is 13.3. The van der Waals surface area contributed by atoms with Crippen LogP contribution in [0.5, 0.6) is 0 Å². The molecule has 204 valence electrons. The third-order valence-corrected chi connectivity index (χ3v) is 7.35. The topological polar surface area (TPSA) is 100 Å². The molecule has 0 aromatic carbocycles. The molecule has 0 heterocycles. The number of hydrogen-bond donors (Lipinski definition) is 0. The molecule has 0 aliphatic heterocycles. The van der Waals surface area contributed by atoms with E-state index in [-0.39, 0.29) is 31.3 Å². The summed E-state index contributed by atoms with van der Waals surface area (Å²) >= 11 is 0. The first-order chi connectivity index (χ1) is 16.6. The number of methoxy groups -OCH3 is 3. The fraction of sp³-hybridized carbons (Fsp3) is 0.957. The first-order valence-electron chi connectivity index (χ1n) is 12.2. The highest BCUT2D eigenvalue weighted by Crippen LogP contribution is 2.17. The summed E-state index contributed by atoms with van der Waals surface area (Å²) in [5.41, 5.74) is 0. The smallest absolute Gasteiger partial charge is 0.382 e. The molecule has 1 unspecified atom stereocenters. The molecule has 1 atom stereocenters. The minimum absolute atomic E-state index is 0.124. The lowest BCUT2D eigenvalue weighted by molar-refractivity contribution is -0.121. The number of rotatable bonds is 27. The molecule has 0 aliphatic rings. The number of hydrogen-bond acceptors (Lipinski definition) is 10. The van der Waals surface area contributed by atoms with Gasteiger partial charge in [-0.1, -0.05) is 26.2 Å². The number of ether oxygens (including phenoxy) is 6. The summed E-state index contributed by atoms with van der Waals surface area (Å²) in [6.07, 6.45) is 4.01. The minimum atomic E-state index is -3.68. The average Bonchev–Trinajstić information content (AvgIpc) is 2.84. The van der Waals surface area contributed by atoms with Crippen molar-refractivity contribution >= 4 is 14.2 Å². The summed E-state index contributed by atoms with van der Waals surface area (Å²) in [6, 6.07) is 0. The van der Waals surface area contributed by atoms with Gasteiger partial charge in [0.05, 0.1) is 78.8 Å². The van der Waals surface area contributed by atoms with Crippen molar-refractivity contribution in [3.05, 3.63) is 0 Å². The van der Waals surface area contributed by atoms with Gasteiger partial charge in [-0.2, -0.15) is 0 Å². The van der Waals surface area contributed by atoms with Crippen LogP contribution in [-0.2, 0) is 46.5 Å². The highest BCUT2D eigenvalue weighted by Gasteiger charge is 2.50. The van der Waals surface area contributed by atoms with Crippen LogP contribution in [0.2, 0.25) is 0 Å². The van der Waals surface area contributed by atoms with Gasteiger partial charge in [0, 0.05) is 27.8 Å². The molecule has 0 fully saturated rings. The van der Waals surface area contributed by atoms with Crippen LogP contribution >= 0.6 is 0 Å². The Bertz CT molecular complexity index is 439. The Morgan fingerprint density at radius 1 is 0.676 bits per heavy atom. The number of unbranched alkanes of at least 4 members (excludes halogenated alkanes) is 3. The van der Waals surface area contributed by atoms with E-state index in [0.29, 0.717) is 59.3 Å². The number of carbonyl (C=O) groups is 1. The van der Waals surface area contributed by atoms with Crippen LogP contribution in [0.1, 0.15) is 46.0 Å². The van der Waals surface area contributed by atoms with Crippen molar-refractivity contribution in [3.8, 4) is 0 Å². The first kappa shape index (κ1) is 33.5. The Labute approximate surface area is 207 Å². The minimum Gasteiger partial charge on any atom is -0.382 e. The fourth-order valence-corrected chi connectivity index (χ4v) is 5.17. The molecule has 34 heavy (non-hydrogen) atoms. The lowest BCUT2D eigenvalue weighted by atomic mass is 10.2. The van der Waals surface area contributed by atoms with Crippen molar-refractivity contribution in [1.29, 1.82) is 0 Å². The molecule has 11 heteroatoms. The van der Waals surface area contributed by atoms with Crippen molar-refractivity contribution in [2.24, 2.45) is 0 Å². The van der Waals surface area contributed by atoms with Crippen molar-refractivity contribution < 1.29 is 46.5 Å². The Morgan fingerprint density at radius 2 is 1.21 bits per heavy atom. The standard InChI is InChI=1S/C23H48O10Si/c1-6-7-8-9-10-23(24)34(31-19-16-28-14-11-25-3,32-20-17-29-15-12-26-4)33-21-22(2)30-18-13-27-5/h22H,6-21H2,1-5H3. The highest BCUT2D eigenvalue weighted by molar-refractivity contribution is 6.92. The predicted octanol–water partition coefficient (Wildman–Crippen LogP) is 2.43. The van der Waals surface area contributed by atoms with Gasteiger partial charge in [0.15, 0.2) is 0 Å². The third-order valence-electron chi connectivity index (χ3n) is 4.70. The van der Waals surface area contributed by atoms with Crippen LogP contribution < -0.4 is 0 Å². The van der Waals surface area contributed by atoms with Gasteiger partial charge in [-0.05, 0) is 13.3 Å². The van der Waals surface area contributed by atoms with Gasteiger partial charge < -0.3 is 41.7 Å². The van der Waals surface area contributed by atoms with E-state index in [1.54, 1.807) is 21.3 Å². The van der Waals surface area contributed by atoms with Gasteiger partial charge in [-0.15, -0.1) is 0 Å². The molecule has 0 radical (unpaired) electrons. The lowest BCUT2D eigenvalue weighted by Gasteiger charge is -2.29. The molecular formula is C23H48O10Si. The Balaban J connectivity index is 5.14. The van der Waals surface area contributed by atoms with E-state index < -0.39 is 8.80 Å². The zero-order chi connectivity index (χ0) is 25.3. The SMILES string of the molecule is CCCCCCC(=O)[Si](OCCOCCOC)(OCCOCCOC)OCC(C)OCCOC. The first-order valence-corrected chi connectivity index (χ1v) is 14.0. The van der Waals surface area contributed by atoms with Gasteiger partial charge in [0.25, 0.3) is 0 Å². The quantitative estimate of drug-likeness (QED) is 0.120. The van der Waals surface area contributed by atoms with Crippen LogP contribution in [0, 0.1) is 0 Å². The van der Waals surface area contributed by atoms with Crippen LogP contribution in [0.15, 0.2) is 0 Å². The van der Waals surface area contributed by atoms with E-state index in [4.69, 9.17) is 41.7 Å². The van der Waals surface area contributed by atoms with Gasteiger partial charge in [0.2, 0.25) is 5.41 Å². The molecule has 0 aliphatic carbocycles. The molecule has 0 rings (SSSR count). The summed E-state index contributed by atoms with van der Waals surface area (Å²) in [7, 11) is 1.16. The molecule has 0 bridgehead atoms. The molecule has 0 aromatic heterocycles. The van der Waals surface area contributed by atoms with E-state index in [1.165, 1.54) is 0 Å². The Hall–Kier alpha value is -0.473. The summed E-state index contributed by atoms with van der Waals surface area (Å²) in [5, 5.41) is -0.124. The van der Waals surface area contributed by atoms with Gasteiger partial charge in [-0.3, -0.25) is 4.79 Å². The monoisotopic (exact) mass is 512 g/mol. The van der Waals surface area contributed by atoms with Crippen LogP contribution in [0.4, 0.5) is 0 Å². The average molecular weight is 513 g/mol. The summed E-state index contributed by atoms with van der Waals surface area (Å²) < 4.78 is 49.9. The van der Waals surface area contributed by atoms with Gasteiger partial charge >= 0.3 is 8.80 Å². The third kappa shape index (κ3) is 17.9. The van der Waals surface area contributed by atoms with E-state index >= 15 is 0 Å². The molecule has 0 spiro atoms. The Morgan fingerprint density at radius 3 is 1.74 bits per heavy atom. The zero-order valence-corrected chi connectivity index (χ0v) is 23.0. The number of carbonyl (C=O) groups excluding carboxylic acids is 1. The van der Waals surface area contributed by atoms with Gasteiger partial charge in [0.1, 0.15) is 0 Å². The second kappa shape index (κ2) is 24.2.